The summed E-state index contributed by atoms with van der Waals surface area (Å²) in [5.74, 6) is 0. The maximum atomic E-state index is 8.73. The highest BCUT2D eigenvalue weighted by atomic mass is 16.3. The highest BCUT2D eigenvalue weighted by molar-refractivity contribution is 5.52. The van der Waals surface area contributed by atoms with Crippen LogP contribution in [-0.2, 0) is 0 Å². The van der Waals surface area contributed by atoms with Gasteiger partial charge in [-0.3, -0.25) is 0 Å². The van der Waals surface area contributed by atoms with Gasteiger partial charge in [0.05, 0.1) is 6.61 Å². The fraction of sp³-hybridized carbons (Fsp3) is 0.200. The third kappa shape index (κ3) is 8.59. The zero-order valence-corrected chi connectivity index (χ0v) is 14.1. The van der Waals surface area contributed by atoms with E-state index in [1.165, 1.54) is 0 Å². The molecule has 2 aromatic rings. The molecule has 4 nitrogen and oxygen atoms in total. The summed E-state index contributed by atoms with van der Waals surface area (Å²) in [7, 11) is 0. The maximum Gasteiger partial charge on any atom is 0.0642 e. The largest absolute Gasteiger partial charge is 0.392 e. The Kier molecular flexibility index (Phi) is 9.39. The lowest BCUT2D eigenvalue weighted by Crippen LogP contribution is -1.82. The number of hydrogen-bond acceptors (Lipinski definition) is 2. The van der Waals surface area contributed by atoms with Gasteiger partial charge < -0.3 is 5.11 Å². The van der Waals surface area contributed by atoms with Crippen molar-refractivity contribution >= 4 is 12.2 Å². The first kappa shape index (κ1) is 19.2. The summed E-state index contributed by atoms with van der Waals surface area (Å²) in [5.41, 5.74) is 12.4. The lowest BCUT2D eigenvalue weighted by Gasteiger charge is -1.95. The molecule has 1 N–H and O–H groups in total. The summed E-state index contributed by atoms with van der Waals surface area (Å²) in [5, 5.41) is 12.2. The smallest absolute Gasteiger partial charge is 0.0642 e. The average Bonchev–Trinajstić information content (AvgIpc) is 2.62. The fourth-order valence-electron chi connectivity index (χ4n) is 1.90. The number of aliphatic hydroxyl groups excluding tert-OH is 1. The normalized spacial score (nSPS) is 11.1. The number of nitrogens with zero attached hydrogens (tertiary/aromatic N) is 3. The first-order valence-electron chi connectivity index (χ1n) is 7.72. The molecule has 124 valence electrons. The van der Waals surface area contributed by atoms with Gasteiger partial charge in [0.15, 0.2) is 0 Å². The van der Waals surface area contributed by atoms with Crippen LogP contribution in [0.1, 0.15) is 25.0 Å². The molecule has 0 heterocycles. The van der Waals surface area contributed by atoms with Crippen molar-refractivity contribution in [3.05, 3.63) is 93.4 Å². The van der Waals surface area contributed by atoms with Crippen molar-refractivity contribution < 1.29 is 5.11 Å². The van der Waals surface area contributed by atoms with Crippen LogP contribution in [0.15, 0.2) is 76.9 Å². The molecule has 2 aromatic carbocycles. The molecule has 0 aliphatic carbocycles. The Labute approximate surface area is 143 Å². The Bertz CT molecular complexity index is 700. The molecular formula is C20H23N3O. The van der Waals surface area contributed by atoms with E-state index in [0.29, 0.717) is 6.54 Å². The molecule has 0 fully saturated rings. The lowest BCUT2D eigenvalue weighted by molar-refractivity contribution is 0.332. The van der Waals surface area contributed by atoms with Crippen molar-refractivity contribution in [2.45, 2.75) is 13.8 Å². The van der Waals surface area contributed by atoms with Crippen LogP contribution in [0.5, 0.6) is 0 Å². The van der Waals surface area contributed by atoms with Crippen LogP contribution < -0.4 is 0 Å². The summed E-state index contributed by atoms with van der Waals surface area (Å²) in [4.78, 5) is 2.70. The molecule has 0 aromatic heterocycles. The highest BCUT2D eigenvalue weighted by Crippen LogP contribution is 2.06. The monoisotopic (exact) mass is 321 g/mol. The van der Waals surface area contributed by atoms with Crippen LogP contribution in [0, 0.1) is 0 Å². The molecule has 0 saturated carbocycles. The molecule has 0 radical (unpaired) electrons. The van der Waals surface area contributed by atoms with Gasteiger partial charge in [0, 0.05) is 11.5 Å². The van der Waals surface area contributed by atoms with Crippen LogP contribution in [0.2, 0.25) is 0 Å². The van der Waals surface area contributed by atoms with Crippen molar-refractivity contribution in [1.29, 1.82) is 0 Å². The van der Waals surface area contributed by atoms with E-state index >= 15 is 0 Å². The van der Waals surface area contributed by atoms with Gasteiger partial charge in [-0.05, 0) is 36.1 Å². The Morgan fingerprint density at radius 2 is 1.38 bits per heavy atom. The minimum Gasteiger partial charge on any atom is -0.392 e. The number of rotatable bonds is 5. The SMILES string of the molecule is C/C(=C\c1ccccc1)CN=[N+]=[N-].C/C(=C\c1ccccc1)CO. The molecule has 0 aliphatic heterocycles. The number of azide groups is 1. The number of benzene rings is 2. The van der Waals surface area contributed by atoms with Crippen molar-refractivity contribution in [1.82, 2.24) is 0 Å². The van der Waals surface area contributed by atoms with Gasteiger partial charge in [0.2, 0.25) is 0 Å². The predicted molar refractivity (Wildman–Crippen MR) is 101 cm³/mol. The van der Waals surface area contributed by atoms with E-state index in [9.17, 15) is 0 Å². The molecule has 24 heavy (non-hydrogen) atoms. The quantitative estimate of drug-likeness (QED) is 0.442. The van der Waals surface area contributed by atoms with Crippen LogP contribution in [0.3, 0.4) is 0 Å². The Hall–Kier alpha value is -2.81. The second-order valence-electron chi connectivity index (χ2n) is 5.35. The lowest BCUT2D eigenvalue weighted by atomic mass is 10.1. The molecule has 0 unspecified atom stereocenters. The average molecular weight is 321 g/mol. The van der Waals surface area contributed by atoms with Gasteiger partial charge in [-0.1, -0.05) is 83.5 Å². The second kappa shape index (κ2) is 11.7. The van der Waals surface area contributed by atoms with E-state index in [1.807, 2.05) is 86.7 Å². The first-order chi connectivity index (χ1) is 11.7. The minimum absolute atomic E-state index is 0.134. The van der Waals surface area contributed by atoms with E-state index < -0.39 is 0 Å². The van der Waals surface area contributed by atoms with E-state index in [4.69, 9.17) is 10.6 Å². The maximum absolute atomic E-state index is 8.73. The van der Waals surface area contributed by atoms with Gasteiger partial charge >= 0.3 is 0 Å². The van der Waals surface area contributed by atoms with E-state index in [-0.39, 0.29) is 6.61 Å². The Balaban J connectivity index is 0.000000243. The Morgan fingerprint density at radius 3 is 1.79 bits per heavy atom. The molecule has 0 atom stereocenters. The van der Waals surface area contributed by atoms with Crippen LogP contribution in [0.4, 0.5) is 0 Å². The molecule has 2 rings (SSSR count). The Morgan fingerprint density at radius 1 is 0.917 bits per heavy atom. The molecule has 0 bridgehead atoms. The molecule has 0 saturated heterocycles. The van der Waals surface area contributed by atoms with Gasteiger partial charge in [-0.15, -0.1) is 0 Å². The molecule has 4 heteroatoms. The fourth-order valence-corrected chi connectivity index (χ4v) is 1.90. The zero-order chi connectivity index (χ0) is 17.6. The van der Waals surface area contributed by atoms with E-state index in [2.05, 4.69) is 10.0 Å². The molecule has 0 aliphatic rings. The summed E-state index contributed by atoms with van der Waals surface area (Å²) in [6.45, 7) is 4.43. The number of hydrogen-bond donors (Lipinski definition) is 1. The van der Waals surface area contributed by atoms with Crippen LogP contribution in [-0.4, -0.2) is 18.3 Å². The van der Waals surface area contributed by atoms with Crippen LogP contribution in [0.25, 0.3) is 22.6 Å². The summed E-state index contributed by atoms with van der Waals surface area (Å²) in [6.07, 6.45) is 3.98. The minimum atomic E-state index is 0.134. The van der Waals surface area contributed by atoms with E-state index in [1.54, 1.807) is 0 Å². The third-order valence-electron chi connectivity index (χ3n) is 3.06. The topological polar surface area (TPSA) is 69.0 Å². The van der Waals surface area contributed by atoms with Crippen molar-refractivity contribution in [3.63, 3.8) is 0 Å². The van der Waals surface area contributed by atoms with Gasteiger partial charge in [0.25, 0.3) is 0 Å². The summed E-state index contributed by atoms with van der Waals surface area (Å²) >= 11 is 0. The van der Waals surface area contributed by atoms with Gasteiger partial charge in [-0.2, -0.15) is 0 Å². The van der Waals surface area contributed by atoms with E-state index in [0.717, 1.165) is 22.3 Å². The van der Waals surface area contributed by atoms with Crippen LogP contribution >= 0.6 is 0 Å². The van der Waals surface area contributed by atoms with Gasteiger partial charge in [0.1, 0.15) is 0 Å². The molecular weight excluding hydrogens is 298 g/mol. The molecule has 0 amide bonds. The zero-order valence-electron chi connectivity index (χ0n) is 14.1. The third-order valence-corrected chi connectivity index (χ3v) is 3.06. The molecule has 0 spiro atoms. The second-order valence-corrected chi connectivity index (χ2v) is 5.35. The highest BCUT2D eigenvalue weighted by Gasteiger charge is 1.88. The summed E-state index contributed by atoms with van der Waals surface area (Å²) in [6, 6.07) is 19.9. The predicted octanol–water partition coefficient (Wildman–Crippen LogP) is 5.48. The number of aliphatic hydroxyl groups is 1. The van der Waals surface area contributed by atoms with Crippen molar-refractivity contribution in [2.24, 2.45) is 5.11 Å². The van der Waals surface area contributed by atoms with Gasteiger partial charge in [-0.25, -0.2) is 0 Å². The first-order valence-corrected chi connectivity index (χ1v) is 7.72. The summed E-state index contributed by atoms with van der Waals surface area (Å²) < 4.78 is 0. The standard InChI is InChI=1S/C10H11N3.C10H12O/c1-9(8-12-13-11)7-10-5-3-2-4-6-10;1-9(8-11)7-10-5-3-2-4-6-10/h2-7H,8H2,1H3;2-7,11H,8H2,1H3/b2*9-7+. The van der Waals surface area contributed by atoms with Crippen molar-refractivity contribution in [2.75, 3.05) is 13.2 Å². The van der Waals surface area contributed by atoms with Crippen molar-refractivity contribution in [3.8, 4) is 0 Å².